The van der Waals surface area contributed by atoms with E-state index < -0.39 is 17.8 Å². The fraction of sp³-hybridized carbons (Fsp3) is 0.486. The van der Waals surface area contributed by atoms with Crippen LogP contribution in [-0.4, -0.2) is 91.9 Å². The number of halogens is 2. The fourth-order valence-corrected chi connectivity index (χ4v) is 8.58. The monoisotopic (exact) mass is 639 g/mol. The first-order valence-electron chi connectivity index (χ1n) is 16.6. The van der Waals surface area contributed by atoms with Gasteiger partial charge >= 0.3 is 6.01 Å². The first-order valence-corrected chi connectivity index (χ1v) is 16.6. The van der Waals surface area contributed by atoms with Crippen molar-refractivity contribution in [3.63, 3.8) is 0 Å². The number of anilines is 1. The molecule has 4 aromatic rings. The molecule has 2 aromatic heterocycles. The van der Waals surface area contributed by atoms with Crippen molar-refractivity contribution < 1.29 is 23.4 Å². The highest BCUT2D eigenvalue weighted by molar-refractivity contribution is 6.17. The molecule has 4 atom stereocenters. The zero-order chi connectivity index (χ0) is 32.0. The van der Waals surface area contributed by atoms with Gasteiger partial charge in [-0.3, -0.25) is 9.69 Å². The molecule has 0 radical (unpaired) electrons. The van der Waals surface area contributed by atoms with E-state index in [0.717, 1.165) is 58.2 Å². The quantitative estimate of drug-likeness (QED) is 0.227. The maximum Gasteiger partial charge on any atom is 0.320 e. The lowest BCUT2D eigenvalue weighted by atomic mass is 9.95. The molecule has 2 N–H and O–H groups in total. The minimum Gasteiger partial charge on any atom is -0.508 e. The lowest BCUT2D eigenvalue weighted by Gasteiger charge is -2.34. The Morgan fingerprint density at radius 1 is 1.13 bits per heavy atom. The number of aromatic hydroxyl groups is 1. The number of phenolic OH excluding ortho intramolecular Hbond substituents is 1. The van der Waals surface area contributed by atoms with E-state index in [0.29, 0.717) is 47.4 Å². The smallest absolute Gasteiger partial charge is 0.320 e. The number of carbonyl (C=O) groups is 1. The Bertz CT molecular complexity index is 1990. The van der Waals surface area contributed by atoms with E-state index >= 15 is 0 Å². The summed E-state index contributed by atoms with van der Waals surface area (Å²) in [6, 6.07) is 6.32. The van der Waals surface area contributed by atoms with Crippen LogP contribution in [0.3, 0.4) is 0 Å². The maximum absolute atomic E-state index is 14.9. The number of hydrogen-bond acceptors (Lipinski definition) is 9. The molecule has 5 aliphatic rings. The standard InChI is InChI=1S/C35H35F2N7O3/c1-2-25-27(37)9-4-19-12-24(45)13-26(28(19)25)30(46)33-39-31-29(44(33)23-7-8-23)32(42-16-21-5-6-22(17-42)38-21)41-34(40-31)47-18-35-10-3-11-43(35)15-20(36)14-35/h1,4,9,12-13,20-23,38,45H,3,5-8,10-11,14-18H2/t20-,21?,22?,35+/m1/s1. The number of piperazine rings is 1. The molecule has 47 heavy (non-hydrogen) atoms. The van der Waals surface area contributed by atoms with Crippen molar-refractivity contribution in [2.45, 2.75) is 74.8 Å². The van der Waals surface area contributed by atoms with Crippen molar-refractivity contribution in [2.75, 3.05) is 37.7 Å². The number of benzene rings is 2. The normalized spacial score (nSPS) is 27.1. The fourth-order valence-electron chi connectivity index (χ4n) is 8.58. The van der Waals surface area contributed by atoms with Crippen molar-refractivity contribution in [3.05, 3.63) is 47.0 Å². The van der Waals surface area contributed by atoms with Crippen molar-refractivity contribution in [1.29, 1.82) is 0 Å². The highest BCUT2D eigenvalue weighted by atomic mass is 19.1. The third-order valence-corrected chi connectivity index (χ3v) is 10.8. The van der Waals surface area contributed by atoms with E-state index in [-0.39, 0.29) is 52.3 Å². The number of rotatable bonds is 7. The van der Waals surface area contributed by atoms with Gasteiger partial charge in [0.05, 0.1) is 11.1 Å². The molecule has 4 aliphatic heterocycles. The maximum atomic E-state index is 14.9. The van der Waals surface area contributed by atoms with Crippen LogP contribution < -0.4 is 15.0 Å². The molecule has 0 spiro atoms. The second-order valence-electron chi connectivity index (χ2n) is 13.9. The molecule has 1 aliphatic carbocycles. The van der Waals surface area contributed by atoms with E-state index in [1.807, 2.05) is 4.57 Å². The number of alkyl halides is 1. The minimum absolute atomic E-state index is 0.00558. The highest BCUT2D eigenvalue weighted by Gasteiger charge is 2.49. The average Bonchev–Trinajstić information content (AvgIpc) is 3.42. The van der Waals surface area contributed by atoms with E-state index in [4.69, 9.17) is 26.1 Å². The summed E-state index contributed by atoms with van der Waals surface area (Å²) >= 11 is 0. The molecule has 9 rings (SSSR count). The van der Waals surface area contributed by atoms with Gasteiger partial charge in [-0.15, -0.1) is 6.42 Å². The van der Waals surface area contributed by atoms with Crippen molar-refractivity contribution >= 4 is 33.5 Å². The second-order valence-corrected chi connectivity index (χ2v) is 13.9. The van der Waals surface area contributed by atoms with E-state index in [1.54, 1.807) is 0 Å². The van der Waals surface area contributed by atoms with Crippen LogP contribution in [0.5, 0.6) is 11.8 Å². The summed E-state index contributed by atoms with van der Waals surface area (Å²) < 4.78 is 37.7. The molecule has 12 heteroatoms. The van der Waals surface area contributed by atoms with Crippen LogP contribution in [-0.2, 0) is 0 Å². The first kappa shape index (κ1) is 28.8. The van der Waals surface area contributed by atoms with Crippen LogP contribution in [0.1, 0.15) is 72.7 Å². The molecule has 242 valence electrons. The summed E-state index contributed by atoms with van der Waals surface area (Å²) in [6.45, 7) is 3.03. The van der Waals surface area contributed by atoms with Gasteiger partial charge in [-0.1, -0.05) is 12.0 Å². The van der Waals surface area contributed by atoms with Crippen LogP contribution in [0.15, 0.2) is 24.3 Å². The van der Waals surface area contributed by atoms with Gasteiger partial charge in [0.1, 0.15) is 29.9 Å². The van der Waals surface area contributed by atoms with E-state index in [1.165, 1.54) is 24.3 Å². The summed E-state index contributed by atoms with van der Waals surface area (Å²) in [5, 5.41) is 15.0. The Hall–Kier alpha value is -4.34. The van der Waals surface area contributed by atoms with Crippen LogP contribution in [0.2, 0.25) is 0 Å². The summed E-state index contributed by atoms with van der Waals surface area (Å²) in [5.74, 6) is 1.93. The molecule has 2 unspecified atom stereocenters. The third kappa shape index (κ3) is 4.65. The predicted molar refractivity (Wildman–Crippen MR) is 171 cm³/mol. The average molecular weight is 640 g/mol. The Morgan fingerprint density at radius 2 is 1.94 bits per heavy atom. The van der Waals surface area contributed by atoms with Gasteiger partial charge in [0, 0.05) is 55.1 Å². The Morgan fingerprint density at radius 3 is 2.70 bits per heavy atom. The Labute approximate surface area is 270 Å². The van der Waals surface area contributed by atoms with Crippen LogP contribution >= 0.6 is 0 Å². The number of nitrogens with one attached hydrogen (secondary N) is 1. The molecule has 2 bridgehead atoms. The molecular weight excluding hydrogens is 604 g/mol. The molecule has 5 fully saturated rings. The second kappa shape index (κ2) is 10.6. The van der Waals surface area contributed by atoms with Crippen molar-refractivity contribution in [2.24, 2.45) is 0 Å². The minimum atomic E-state index is -0.881. The number of phenols is 1. The molecule has 10 nitrogen and oxygen atoms in total. The lowest BCUT2D eigenvalue weighted by molar-refractivity contribution is 0.102. The molecule has 1 saturated carbocycles. The Kier molecular flexibility index (Phi) is 6.50. The number of nitrogens with zero attached hydrogens (tertiary/aromatic N) is 6. The van der Waals surface area contributed by atoms with Gasteiger partial charge in [-0.2, -0.15) is 9.97 Å². The van der Waals surface area contributed by atoms with E-state index in [9.17, 15) is 18.7 Å². The first-order chi connectivity index (χ1) is 22.8. The summed E-state index contributed by atoms with van der Waals surface area (Å²) in [5.41, 5.74) is 0.631. The van der Waals surface area contributed by atoms with Crippen LogP contribution in [0, 0.1) is 18.2 Å². The van der Waals surface area contributed by atoms with Gasteiger partial charge < -0.3 is 24.6 Å². The summed E-state index contributed by atoms with van der Waals surface area (Å²) in [7, 11) is 0. The third-order valence-electron chi connectivity index (χ3n) is 10.8. The largest absolute Gasteiger partial charge is 0.508 e. The molecule has 0 amide bonds. The topological polar surface area (TPSA) is 109 Å². The molecular formula is C35H35F2N7O3. The van der Waals surface area contributed by atoms with Gasteiger partial charge in [0.25, 0.3) is 0 Å². The number of carbonyl (C=O) groups excluding carboxylic acids is 1. The zero-order valence-electron chi connectivity index (χ0n) is 25.9. The molecule has 2 aromatic carbocycles. The van der Waals surface area contributed by atoms with Crippen molar-refractivity contribution in [1.82, 2.24) is 29.7 Å². The van der Waals surface area contributed by atoms with Gasteiger partial charge in [0.2, 0.25) is 5.78 Å². The van der Waals surface area contributed by atoms with Crippen LogP contribution in [0.25, 0.3) is 21.9 Å². The highest BCUT2D eigenvalue weighted by Crippen LogP contribution is 2.44. The van der Waals surface area contributed by atoms with Gasteiger partial charge in [-0.25, -0.2) is 13.8 Å². The molecule has 6 heterocycles. The van der Waals surface area contributed by atoms with E-state index in [2.05, 4.69) is 21.0 Å². The SMILES string of the molecule is C#Cc1c(F)ccc2cc(O)cc(C(=O)c3nc4nc(OC[C@@]56CCCN5C[C@H](F)C6)nc(N5CC6CCC(C5)N6)c4n3C3CC3)c12. The predicted octanol–water partition coefficient (Wildman–Crippen LogP) is 4.27. The zero-order valence-corrected chi connectivity index (χ0v) is 25.9. The number of ether oxygens (including phenoxy) is 1. The van der Waals surface area contributed by atoms with Gasteiger partial charge in [0.15, 0.2) is 17.3 Å². The van der Waals surface area contributed by atoms with Gasteiger partial charge in [-0.05, 0) is 68.7 Å². The number of fused-ring (bicyclic) bond motifs is 5. The number of ketones is 1. The summed E-state index contributed by atoms with van der Waals surface area (Å²) in [6.07, 6.45) is 11.0. The lowest BCUT2D eigenvalue weighted by Crippen LogP contribution is -2.51. The van der Waals surface area contributed by atoms with Crippen molar-refractivity contribution in [3.8, 4) is 24.1 Å². The Balaban J connectivity index is 1.19. The number of hydrogen-bond donors (Lipinski definition) is 2. The number of imidazole rings is 1. The number of aromatic nitrogens is 4. The van der Waals surface area contributed by atoms with Crippen LogP contribution in [0.4, 0.5) is 14.6 Å². The summed E-state index contributed by atoms with van der Waals surface area (Å²) in [4.78, 5) is 33.5. The number of terminal acetylenes is 1. The molecule has 4 saturated heterocycles.